The molecule has 0 bridgehead atoms. The van der Waals surface area contributed by atoms with E-state index in [4.69, 9.17) is 5.11 Å². The summed E-state index contributed by atoms with van der Waals surface area (Å²) < 4.78 is 0. The molecular formula is C11H27NO. The van der Waals surface area contributed by atoms with E-state index in [9.17, 15) is 0 Å². The molecule has 0 aromatic rings. The zero-order chi connectivity index (χ0) is 10.7. The Bertz CT molecular complexity index is 78.2. The van der Waals surface area contributed by atoms with Gasteiger partial charge in [-0.1, -0.05) is 20.3 Å². The molecule has 0 saturated carbocycles. The van der Waals surface area contributed by atoms with Crippen molar-refractivity contribution in [3.05, 3.63) is 0 Å². The van der Waals surface area contributed by atoms with Crippen LogP contribution >= 0.6 is 0 Å². The van der Waals surface area contributed by atoms with Gasteiger partial charge in [0.1, 0.15) is 0 Å². The molecule has 0 atom stereocenters. The largest absolute Gasteiger partial charge is 0.400 e. The zero-order valence-corrected chi connectivity index (χ0v) is 10.0. The highest BCUT2D eigenvalue weighted by Gasteiger charge is 2.11. The van der Waals surface area contributed by atoms with Crippen LogP contribution in [0.3, 0.4) is 0 Å². The third-order valence-electron chi connectivity index (χ3n) is 2.12. The minimum Gasteiger partial charge on any atom is -0.400 e. The molecule has 1 rings (SSSR count). The quantitative estimate of drug-likeness (QED) is 0.685. The summed E-state index contributed by atoms with van der Waals surface area (Å²) in [6.07, 6.45) is 4.28. The van der Waals surface area contributed by atoms with Crippen LogP contribution < -0.4 is 0 Å². The summed E-state index contributed by atoms with van der Waals surface area (Å²) in [7, 11) is 1.00. The molecule has 0 spiro atoms. The van der Waals surface area contributed by atoms with Crippen LogP contribution in [-0.2, 0) is 0 Å². The van der Waals surface area contributed by atoms with Crippen molar-refractivity contribution >= 4 is 0 Å². The number of piperidine rings is 1. The minimum absolute atomic E-state index is 0.769. The van der Waals surface area contributed by atoms with Crippen molar-refractivity contribution in [2.24, 2.45) is 0 Å². The lowest BCUT2D eigenvalue weighted by molar-refractivity contribution is 0.185. The number of aliphatic hydroxyl groups is 1. The molecule has 1 N–H and O–H groups in total. The van der Waals surface area contributed by atoms with E-state index >= 15 is 0 Å². The van der Waals surface area contributed by atoms with E-state index in [0.717, 1.165) is 13.2 Å². The van der Waals surface area contributed by atoms with E-state index < -0.39 is 0 Å². The normalized spacial score (nSPS) is 16.8. The standard InChI is InChI=1S/C8H17N.C2H6.CH4O/c1-8(2)9-6-4-3-5-7-9;2*1-2/h8H,3-7H2,1-2H3;1-2H3;2H,1H3. The maximum atomic E-state index is 7.00. The van der Waals surface area contributed by atoms with Gasteiger partial charge in [0.25, 0.3) is 0 Å². The lowest BCUT2D eigenvalue weighted by Crippen LogP contribution is -2.35. The summed E-state index contributed by atoms with van der Waals surface area (Å²) >= 11 is 0. The van der Waals surface area contributed by atoms with Crippen LogP contribution in [0, 0.1) is 0 Å². The number of hydrogen-bond donors (Lipinski definition) is 1. The van der Waals surface area contributed by atoms with Crippen molar-refractivity contribution < 1.29 is 5.11 Å². The first-order chi connectivity index (χ1) is 6.30. The van der Waals surface area contributed by atoms with Crippen LogP contribution in [0.2, 0.25) is 0 Å². The van der Waals surface area contributed by atoms with Gasteiger partial charge in [-0.2, -0.15) is 0 Å². The molecule has 1 fully saturated rings. The number of rotatable bonds is 1. The monoisotopic (exact) mass is 189 g/mol. The van der Waals surface area contributed by atoms with Crippen molar-refractivity contribution in [2.45, 2.75) is 53.0 Å². The molecule has 0 radical (unpaired) electrons. The smallest absolute Gasteiger partial charge is 0.0319 e. The molecule has 2 nitrogen and oxygen atoms in total. The van der Waals surface area contributed by atoms with Crippen LogP contribution in [0.15, 0.2) is 0 Å². The molecule has 2 heteroatoms. The number of nitrogens with zero attached hydrogens (tertiary/aromatic N) is 1. The fourth-order valence-corrected chi connectivity index (χ4v) is 1.43. The van der Waals surface area contributed by atoms with E-state index in [1.165, 1.54) is 32.4 Å². The van der Waals surface area contributed by atoms with Crippen molar-refractivity contribution in [1.29, 1.82) is 0 Å². The van der Waals surface area contributed by atoms with Gasteiger partial charge in [0.05, 0.1) is 0 Å². The molecule has 82 valence electrons. The Morgan fingerprint density at radius 1 is 0.923 bits per heavy atom. The van der Waals surface area contributed by atoms with E-state index in [1.54, 1.807) is 0 Å². The summed E-state index contributed by atoms with van der Waals surface area (Å²) in [5, 5.41) is 7.00. The number of aliphatic hydroxyl groups excluding tert-OH is 1. The second kappa shape index (κ2) is 11.9. The molecule has 0 aromatic carbocycles. The first-order valence-corrected chi connectivity index (χ1v) is 5.49. The minimum atomic E-state index is 0.769. The Morgan fingerprint density at radius 3 is 1.54 bits per heavy atom. The average molecular weight is 189 g/mol. The Labute approximate surface area is 83.9 Å². The van der Waals surface area contributed by atoms with Crippen molar-refractivity contribution in [2.75, 3.05) is 20.2 Å². The molecule has 1 heterocycles. The molecule has 0 amide bonds. The third kappa shape index (κ3) is 8.26. The van der Waals surface area contributed by atoms with Gasteiger partial charge in [0.2, 0.25) is 0 Å². The van der Waals surface area contributed by atoms with Gasteiger partial charge >= 0.3 is 0 Å². The van der Waals surface area contributed by atoms with Gasteiger partial charge in [-0.05, 0) is 39.8 Å². The first-order valence-electron chi connectivity index (χ1n) is 5.49. The molecule has 1 aliphatic rings. The van der Waals surface area contributed by atoms with Crippen molar-refractivity contribution in [3.63, 3.8) is 0 Å². The molecule has 0 unspecified atom stereocenters. The predicted octanol–water partition coefficient (Wildman–Crippen LogP) is 2.52. The highest BCUT2D eigenvalue weighted by atomic mass is 16.2. The third-order valence-corrected chi connectivity index (χ3v) is 2.12. The van der Waals surface area contributed by atoms with Crippen molar-refractivity contribution in [1.82, 2.24) is 4.90 Å². The van der Waals surface area contributed by atoms with Gasteiger partial charge in [0, 0.05) is 13.2 Å². The molecule has 0 aromatic heterocycles. The van der Waals surface area contributed by atoms with Gasteiger partial charge < -0.3 is 10.0 Å². The SMILES string of the molecule is CC.CC(C)N1CCCCC1.CO. The van der Waals surface area contributed by atoms with E-state index in [0.29, 0.717) is 0 Å². The molecule has 1 saturated heterocycles. The summed E-state index contributed by atoms with van der Waals surface area (Å²) in [5.74, 6) is 0. The van der Waals surface area contributed by atoms with E-state index in [-0.39, 0.29) is 0 Å². The average Bonchev–Trinajstić information content (AvgIpc) is 2.25. The highest BCUT2D eigenvalue weighted by Crippen LogP contribution is 2.10. The second-order valence-corrected chi connectivity index (χ2v) is 3.19. The van der Waals surface area contributed by atoms with Crippen LogP contribution in [0.5, 0.6) is 0 Å². The fraction of sp³-hybridized carbons (Fsp3) is 1.00. The Hall–Kier alpha value is -0.0800. The summed E-state index contributed by atoms with van der Waals surface area (Å²) in [5.41, 5.74) is 0. The molecule has 13 heavy (non-hydrogen) atoms. The summed E-state index contributed by atoms with van der Waals surface area (Å²) in [6.45, 7) is 11.2. The Kier molecular flexibility index (Phi) is 14.1. The van der Waals surface area contributed by atoms with Crippen LogP contribution in [0.1, 0.15) is 47.0 Å². The number of likely N-dealkylation sites (tertiary alicyclic amines) is 1. The van der Waals surface area contributed by atoms with Gasteiger partial charge in [-0.15, -0.1) is 0 Å². The summed E-state index contributed by atoms with van der Waals surface area (Å²) in [4.78, 5) is 2.56. The molecular weight excluding hydrogens is 162 g/mol. The predicted molar refractivity (Wildman–Crippen MR) is 60.1 cm³/mol. The second-order valence-electron chi connectivity index (χ2n) is 3.19. The van der Waals surface area contributed by atoms with E-state index in [1.807, 2.05) is 13.8 Å². The first kappa shape index (κ1) is 15.4. The van der Waals surface area contributed by atoms with E-state index in [2.05, 4.69) is 18.7 Å². The lowest BCUT2D eigenvalue weighted by atomic mass is 10.1. The van der Waals surface area contributed by atoms with Crippen LogP contribution in [0.4, 0.5) is 0 Å². The number of hydrogen-bond acceptors (Lipinski definition) is 2. The molecule has 1 aliphatic heterocycles. The molecule has 0 aliphatic carbocycles. The zero-order valence-electron chi connectivity index (χ0n) is 10.0. The maximum absolute atomic E-state index is 7.00. The fourth-order valence-electron chi connectivity index (χ4n) is 1.43. The van der Waals surface area contributed by atoms with Gasteiger partial charge in [-0.25, -0.2) is 0 Å². The van der Waals surface area contributed by atoms with Crippen LogP contribution in [0.25, 0.3) is 0 Å². The van der Waals surface area contributed by atoms with Gasteiger partial charge in [-0.3, -0.25) is 0 Å². The van der Waals surface area contributed by atoms with Crippen LogP contribution in [-0.4, -0.2) is 36.2 Å². The lowest BCUT2D eigenvalue weighted by Gasteiger charge is -2.29. The van der Waals surface area contributed by atoms with Gasteiger partial charge in [0.15, 0.2) is 0 Å². The highest BCUT2D eigenvalue weighted by molar-refractivity contribution is 4.67. The Balaban J connectivity index is 0. The topological polar surface area (TPSA) is 23.5 Å². The van der Waals surface area contributed by atoms with Crippen molar-refractivity contribution in [3.8, 4) is 0 Å². The maximum Gasteiger partial charge on any atom is 0.0319 e. The summed E-state index contributed by atoms with van der Waals surface area (Å²) in [6, 6.07) is 0.769. The Morgan fingerprint density at radius 2 is 1.31 bits per heavy atom.